The molecule has 0 amide bonds. The van der Waals surface area contributed by atoms with E-state index in [1.165, 1.54) is 12.1 Å². The Labute approximate surface area is 126 Å². The van der Waals surface area contributed by atoms with Crippen LogP contribution in [0.2, 0.25) is 0 Å². The van der Waals surface area contributed by atoms with Gasteiger partial charge in [0.1, 0.15) is 12.0 Å². The molecule has 0 atom stereocenters. The number of carbonyl (C=O) groups is 1. The highest BCUT2D eigenvalue weighted by Crippen LogP contribution is 2.41. The third-order valence-electron chi connectivity index (χ3n) is 2.89. The van der Waals surface area contributed by atoms with Gasteiger partial charge in [-0.25, -0.2) is 0 Å². The van der Waals surface area contributed by atoms with Gasteiger partial charge in [0.05, 0.1) is 5.56 Å². The van der Waals surface area contributed by atoms with E-state index in [2.05, 4.69) is 4.74 Å². The lowest BCUT2D eigenvalue weighted by atomic mass is 9.96. The number of aldehydes is 1. The predicted molar refractivity (Wildman–Crippen MR) is 69.0 cm³/mol. The highest BCUT2D eigenvalue weighted by molar-refractivity contribution is 5.80. The zero-order valence-corrected chi connectivity index (χ0v) is 11.2. The van der Waals surface area contributed by atoms with Crippen LogP contribution in [0.1, 0.15) is 15.9 Å². The number of halogens is 6. The number of hydrogen-bond acceptors (Lipinski definition) is 2. The molecule has 0 aliphatic carbocycles. The van der Waals surface area contributed by atoms with E-state index in [0.29, 0.717) is 6.07 Å². The molecule has 0 heterocycles. The van der Waals surface area contributed by atoms with Crippen LogP contribution in [0.25, 0.3) is 11.1 Å². The van der Waals surface area contributed by atoms with E-state index in [-0.39, 0.29) is 17.4 Å². The Morgan fingerprint density at radius 3 is 2.09 bits per heavy atom. The molecular weight excluding hydrogens is 326 g/mol. The van der Waals surface area contributed by atoms with Gasteiger partial charge in [-0.05, 0) is 17.7 Å². The lowest BCUT2D eigenvalue weighted by Gasteiger charge is -2.17. The summed E-state index contributed by atoms with van der Waals surface area (Å²) in [4.78, 5) is 10.6. The van der Waals surface area contributed by atoms with Gasteiger partial charge < -0.3 is 4.74 Å². The first-order valence-electron chi connectivity index (χ1n) is 6.13. The van der Waals surface area contributed by atoms with Crippen LogP contribution >= 0.6 is 0 Å². The summed E-state index contributed by atoms with van der Waals surface area (Å²) in [6, 6.07) is 7.08. The molecule has 0 saturated heterocycles. The lowest BCUT2D eigenvalue weighted by molar-refractivity contribution is -0.274. The highest BCUT2D eigenvalue weighted by Gasteiger charge is 2.36. The third-order valence-corrected chi connectivity index (χ3v) is 2.89. The van der Waals surface area contributed by atoms with Gasteiger partial charge in [-0.1, -0.05) is 30.3 Å². The Morgan fingerprint density at radius 2 is 1.52 bits per heavy atom. The predicted octanol–water partition coefficient (Wildman–Crippen LogP) is 5.08. The van der Waals surface area contributed by atoms with Crippen molar-refractivity contribution in [1.82, 2.24) is 0 Å². The largest absolute Gasteiger partial charge is 0.573 e. The molecule has 0 aromatic heterocycles. The number of rotatable bonds is 3. The summed E-state index contributed by atoms with van der Waals surface area (Å²) in [5, 5.41) is 0. The summed E-state index contributed by atoms with van der Waals surface area (Å²) in [7, 11) is 0. The zero-order valence-electron chi connectivity index (χ0n) is 11.2. The molecule has 0 bridgehead atoms. The number of hydrogen-bond donors (Lipinski definition) is 0. The van der Waals surface area contributed by atoms with Crippen LogP contribution in [0.5, 0.6) is 5.75 Å². The Morgan fingerprint density at radius 1 is 0.870 bits per heavy atom. The van der Waals surface area contributed by atoms with Crippen LogP contribution in [0.4, 0.5) is 26.3 Å². The fraction of sp³-hybridized carbons (Fsp3) is 0.133. The molecule has 2 aromatic rings. The lowest BCUT2D eigenvalue weighted by Crippen LogP contribution is -2.18. The van der Waals surface area contributed by atoms with Gasteiger partial charge in [-0.2, -0.15) is 13.2 Å². The Kier molecular flexibility index (Phi) is 4.35. The average molecular weight is 334 g/mol. The molecule has 0 radical (unpaired) electrons. The zero-order chi connectivity index (χ0) is 17.3. The molecule has 8 heteroatoms. The molecule has 2 nitrogen and oxygen atoms in total. The Hall–Kier alpha value is -2.51. The third kappa shape index (κ3) is 4.02. The molecule has 23 heavy (non-hydrogen) atoms. The molecule has 0 spiro atoms. The summed E-state index contributed by atoms with van der Waals surface area (Å²) in [6.07, 6.45) is -9.67. The van der Waals surface area contributed by atoms with Crippen molar-refractivity contribution < 1.29 is 35.9 Å². The Bertz CT molecular complexity index is 719. The molecule has 0 unspecified atom stereocenters. The summed E-state index contributed by atoms with van der Waals surface area (Å²) < 4.78 is 80.4. The van der Waals surface area contributed by atoms with Crippen LogP contribution in [0.15, 0.2) is 42.5 Å². The first-order valence-corrected chi connectivity index (χ1v) is 6.13. The molecule has 2 aromatic carbocycles. The van der Waals surface area contributed by atoms with Crippen molar-refractivity contribution in [2.24, 2.45) is 0 Å². The van der Waals surface area contributed by atoms with E-state index in [1.54, 1.807) is 0 Å². The van der Waals surface area contributed by atoms with Crippen molar-refractivity contribution in [3.8, 4) is 16.9 Å². The first kappa shape index (κ1) is 16.9. The van der Waals surface area contributed by atoms with Crippen molar-refractivity contribution in [1.29, 1.82) is 0 Å². The van der Waals surface area contributed by atoms with E-state index in [0.717, 1.165) is 24.3 Å². The number of alkyl halides is 6. The van der Waals surface area contributed by atoms with Gasteiger partial charge in [0, 0.05) is 11.1 Å². The van der Waals surface area contributed by atoms with Gasteiger partial charge in [0.25, 0.3) is 0 Å². The summed E-state index contributed by atoms with van der Waals surface area (Å²) in [6.45, 7) is 0. The maximum atomic E-state index is 13.1. The van der Waals surface area contributed by atoms with Crippen LogP contribution in [0.3, 0.4) is 0 Å². The summed E-state index contributed by atoms with van der Waals surface area (Å²) in [5.41, 5.74) is -2.35. The van der Waals surface area contributed by atoms with Gasteiger partial charge >= 0.3 is 12.5 Å². The quantitative estimate of drug-likeness (QED) is 0.578. The van der Waals surface area contributed by atoms with Gasteiger partial charge in [0.15, 0.2) is 0 Å². The van der Waals surface area contributed by atoms with Crippen molar-refractivity contribution in [2.45, 2.75) is 12.5 Å². The molecule has 0 fully saturated rings. The number of ether oxygens (including phenoxy) is 1. The molecule has 2 rings (SSSR count). The maximum absolute atomic E-state index is 13.1. The van der Waals surface area contributed by atoms with Crippen LogP contribution in [-0.4, -0.2) is 12.6 Å². The fourth-order valence-corrected chi connectivity index (χ4v) is 2.01. The van der Waals surface area contributed by atoms with Crippen LogP contribution in [0, 0.1) is 0 Å². The number of benzene rings is 2. The topological polar surface area (TPSA) is 26.3 Å². The molecular formula is C15H8F6O2. The SMILES string of the molecule is O=Cc1ccc(-c2ccccc2OC(F)(F)F)c(C(F)(F)F)c1. The van der Waals surface area contributed by atoms with E-state index >= 15 is 0 Å². The second-order valence-electron chi connectivity index (χ2n) is 4.46. The van der Waals surface area contributed by atoms with Crippen molar-refractivity contribution in [3.63, 3.8) is 0 Å². The summed E-state index contributed by atoms with van der Waals surface area (Å²) in [5.74, 6) is -0.760. The molecule has 0 saturated carbocycles. The average Bonchev–Trinajstić information content (AvgIpc) is 2.45. The van der Waals surface area contributed by atoms with E-state index in [4.69, 9.17) is 0 Å². The molecule has 0 aliphatic rings. The maximum Gasteiger partial charge on any atom is 0.573 e. The number of para-hydroxylation sites is 1. The minimum absolute atomic E-state index is 0.219. The second-order valence-corrected chi connectivity index (χ2v) is 4.46. The molecule has 122 valence electrons. The Balaban J connectivity index is 2.65. The normalized spacial score (nSPS) is 12.1. The monoisotopic (exact) mass is 334 g/mol. The number of carbonyl (C=O) groups excluding carboxylic acids is 1. The summed E-state index contributed by atoms with van der Waals surface area (Å²) >= 11 is 0. The molecule has 0 aliphatic heterocycles. The highest BCUT2D eigenvalue weighted by atomic mass is 19.4. The first-order chi connectivity index (χ1) is 10.6. The van der Waals surface area contributed by atoms with Gasteiger partial charge in [-0.3, -0.25) is 4.79 Å². The van der Waals surface area contributed by atoms with Crippen molar-refractivity contribution in [2.75, 3.05) is 0 Å². The fourth-order valence-electron chi connectivity index (χ4n) is 2.01. The van der Waals surface area contributed by atoms with Gasteiger partial charge in [-0.15, -0.1) is 13.2 Å². The molecule has 0 N–H and O–H groups in total. The van der Waals surface area contributed by atoms with E-state index < -0.39 is 29.4 Å². The van der Waals surface area contributed by atoms with Crippen LogP contribution < -0.4 is 4.74 Å². The second kappa shape index (κ2) is 5.94. The minimum Gasteiger partial charge on any atom is -0.405 e. The van der Waals surface area contributed by atoms with Crippen molar-refractivity contribution >= 4 is 6.29 Å². The van der Waals surface area contributed by atoms with E-state index in [1.807, 2.05) is 0 Å². The minimum atomic E-state index is -5.04. The standard InChI is InChI=1S/C15H8F6O2/c16-14(17,18)12-7-9(8-22)5-6-10(12)11-3-1-2-4-13(11)23-15(19,20)21/h1-8H. The smallest absolute Gasteiger partial charge is 0.405 e. The van der Waals surface area contributed by atoms with Gasteiger partial charge in [0.2, 0.25) is 0 Å². The van der Waals surface area contributed by atoms with Crippen molar-refractivity contribution in [3.05, 3.63) is 53.6 Å². The van der Waals surface area contributed by atoms with Crippen LogP contribution in [-0.2, 0) is 6.18 Å². The van der Waals surface area contributed by atoms with E-state index in [9.17, 15) is 31.1 Å².